The van der Waals surface area contributed by atoms with E-state index in [1.807, 2.05) is 28.6 Å². The Balaban J connectivity index is 1.55. The van der Waals surface area contributed by atoms with Gasteiger partial charge in [0, 0.05) is 37.1 Å². The van der Waals surface area contributed by atoms with Crippen LogP contribution in [-0.4, -0.2) is 44.6 Å². The van der Waals surface area contributed by atoms with E-state index in [0.29, 0.717) is 6.54 Å². The van der Waals surface area contributed by atoms with Crippen molar-refractivity contribution in [2.45, 2.75) is 46.2 Å². The maximum Gasteiger partial charge on any atom is 0.239 e. The van der Waals surface area contributed by atoms with Gasteiger partial charge in [0.25, 0.3) is 0 Å². The molecule has 3 heterocycles. The zero-order chi connectivity index (χ0) is 24.3. The second kappa shape index (κ2) is 9.80. The van der Waals surface area contributed by atoms with E-state index in [9.17, 15) is 4.79 Å². The van der Waals surface area contributed by atoms with Crippen LogP contribution < -0.4 is 15.5 Å². The highest BCUT2D eigenvalue weighted by Gasteiger charge is 2.23. The van der Waals surface area contributed by atoms with E-state index in [0.717, 1.165) is 39.2 Å². The number of anilines is 2. The van der Waals surface area contributed by atoms with Gasteiger partial charge in [0.1, 0.15) is 5.69 Å². The third kappa shape index (κ3) is 5.53. The summed E-state index contributed by atoms with van der Waals surface area (Å²) < 4.78 is 1.85. The molecule has 2 N–H and O–H groups in total. The molecule has 8 nitrogen and oxygen atoms in total. The van der Waals surface area contributed by atoms with E-state index < -0.39 is 0 Å². The quantitative estimate of drug-likeness (QED) is 0.392. The molecule has 1 amide bonds. The number of hydrogen-bond acceptors (Lipinski definition) is 7. The van der Waals surface area contributed by atoms with E-state index in [1.165, 1.54) is 16.9 Å². The van der Waals surface area contributed by atoms with E-state index in [-0.39, 0.29) is 18.0 Å². The van der Waals surface area contributed by atoms with Gasteiger partial charge in [-0.25, -0.2) is 4.98 Å². The second-order valence-electron chi connectivity index (χ2n) is 9.31. The van der Waals surface area contributed by atoms with Gasteiger partial charge in [0.2, 0.25) is 16.0 Å². The van der Waals surface area contributed by atoms with Gasteiger partial charge in [-0.1, -0.05) is 48.6 Å². The van der Waals surface area contributed by atoms with Gasteiger partial charge in [0.05, 0.1) is 6.54 Å². The molecule has 178 valence electrons. The molecule has 1 aromatic carbocycles. The summed E-state index contributed by atoms with van der Waals surface area (Å²) in [6, 6.07) is 12.3. The summed E-state index contributed by atoms with van der Waals surface area (Å²) in [7, 11) is 1.86. The molecule has 0 saturated heterocycles. The molecule has 0 aliphatic rings. The number of fused-ring (bicyclic) bond motifs is 1. The maximum atomic E-state index is 12.5. The van der Waals surface area contributed by atoms with Crippen molar-refractivity contribution >= 4 is 33.2 Å². The summed E-state index contributed by atoms with van der Waals surface area (Å²) in [6.45, 7) is 9.13. The number of hydrogen-bond donors (Lipinski definition) is 2. The number of aryl methyl sites for hydroxylation is 1. The van der Waals surface area contributed by atoms with E-state index >= 15 is 0 Å². The van der Waals surface area contributed by atoms with Gasteiger partial charge in [-0.3, -0.25) is 9.78 Å². The van der Waals surface area contributed by atoms with Crippen molar-refractivity contribution < 1.29 is 4.79 Å². The van der Waals surface area contributed by atoms with Gasteiger partial charge >= 0.3 is 0 Å². The fourth-order valence-electron chi connectivity index (χ4n) is 3.50. The number of aromatic nitrogens is 4. The predicted octanol–water partition coefficient (Wildman–Crippen LogP) is 4.38. The minimum Gasteiger partial charge on any atom is -0.364 e. The SMILES string of the molecule is CCc1ccc(-c2nc3sc(N(C)CC(=O)NCc4cccnc4)nn3c2NC(C)(C)C)cc1. The fraction of sp³-hybridized carbons (Fsp3) is 0.360. The minimum atomic E-state index is -0.171. The Morgan fingerprint density at radius 2 is 1.91 bits per heavy atom. The Bertz CT molecular complexity index is 1260. The van der Waals surface area contributed by atoms with Crippen LogP contribution >= 0.6 is 11.3 Å². The topological polar surface area (TPSA) is 87.5 Å². The first-order chi connectivity index (χ1) is 16.2. The van der Waals surface area contributed by atoms with Crippen LogP contribution in [0.25, 0.3) is 16.2 Å². The van der Waals surface area contributed by atoms with Crippen molar-refractivity contribution in [3.05, 3.63) is 59.9 Å². The van der Waals surface area contributed by atoms with Gasteiger partial charge in [-0.2, -0.15) is 4.52 Å². The predicted molar refractivity (Wildman–Crippen MR) is 138 cm³/mol. The van der Waals surface area contributed by atoms with Crippen molar-refractivity contribution in [3.63, 3.8) is 0 Å². The average Bonchev–Trinajstić information content (AvgIpc) is 3.37. The summed E-state index contributed by atoms with van der Waals surface area (Å²) in [4.78, 5) is 24.1. The van der Waals surface area contributed by atoms with Crippen LogP contribution in [0.3, 0.4) is 0 Å². The van der Waals surface area contributed by atoms with Crippen molar-refractivity contribution in [3.8, 4) is 11.3 Å². The van der Waals surface area contributed by atoms with E-state index in [1.54, 1.807) is 12.4 Å². The molecule has 9 heteroatoms. The van der Waals surface area contributed by atoms with Gasteiger partial charge < -0.3 is 15.5 Å². The summed E-state index contributed by atoms with van der Waals surface area (Å²) in [5, 5.41) is 12.0. The number of amides is 1. The van der Waals surface area contributed by atoms with Gasteiger partial charge in [-0.05, 0) is 44.4 Å². The summed E-state index contributed by atoms with van der Waals surface area (Å²) in [5.41, 5.74) is 4.00. The van der Waals surface area contributed by atoms with Crippen LogP contribution in [0.4, 0.5) is 10.9 Å². The summed E-state index contributed by atoms with van der Waals surface area (Å²) in [5.74, 6) is 0.771. The molecule has 0 bridgehead atoms. The lowest BCUT2D eigenvalue weighted by Gasteiger charge is -2.22. The molecule has 0 saturated carbocycles. The van der Waals surface area contributed by atoms with Crippen LogP contribution in [0.5, 0.6) is 0 Å². The number of rotatable bonds is 8. The van der Waals surface area contributed by atoms with Crippen LogP contribution in [0.2, 0.25) is 0 Å². The largest absolute Gasteiger partial charge is 0.364 e. The lowest BCUT2D eigenvalue weighted by atomic mass is 10.1. The average molecular weight is 478 g/mol. The van der Waals surface area contributed by atoms with Gasteiger partial charge in [0.15, 0.2) is 5.82 Å². The molecule has 4 rings (SSSR count). The Labute approximate surface area is 204 Å². The number of likely N-dealkylation sites (N-methyl/N-ethyl adjacent to an activating group) is 1. The molecule has 0 fully saturated rings. The Morgan fingerprint density at radius 1 is 1.15 bits per heavy atom. The molecular formula is C25H31N7OS. The van der Waals surface area contributed by atoms with Crippen LogP contribution in [0, 0.1) is 0 Å². The molecule has 0 atom stereocenters. The molecule has 0 unspecified atom stereocenters. The van der Waals surface area contributed by atoms with Crippen molar-refractivity contribution in [2.75, 3.05) is 23.8 Å². The molecule has 0 aliphatic heterocycles. The molecular weight excluding hydrogens is 446 g/mol. The Kier molecular flexibility index (Phi) is 6.83. The van der Waals surface area contributed by atoms with Crippen LogP contribution in [0.1, 0.15) is 38.8 Å². The number of benzene rings is 1. The third-order valence-electron chi connectivity index (χ3n) is 5.24. The first kappa shape index (κ1) is 23.7. The first-order valence-corrected chi connectivity index (χ1v) is 12.2. The lowest BCUT2D eigenvalue weighted by Crippen LogP contribution is -2.34. The number of carbonyl (C=O) groups excluding carboxylic acids is 1. The number of pyridine rings is 1. The molecule has 34 heavy (non-hydrogen) atoms. The number of imidazole rings is 1. The Morgan fingerprint density at radius 3 is 2.56 bits per heavy atom. The van der Waals surface area contributed by atoms with Crippen molar-refractivity contribution in [1.29, 1.82) is 0 Å². The molecule has 0 spiro atoms. The van der Waals surface area contributed by atoms with E-state index in [4.69, 9.17) is 10.1 Å². The van der Waals surface area contributed by atoms with Crippen molar-refractivity contribution in [2.24, 2.45) is 0 Å². The highest BCUT2D eigenvalue weighted by Crippen LogP contribution is 2.34. The van der Waals surface area contributed by atoms with E-state index in [2.05, 4.69) is 67.6 Å². The second-order valence-corrected chi connectivity index (χ2v) is 10.2. The highest BCUT2D eigenvalue weighted by atomic mass is 32.1. The van der Waals surface area contributed by atoms with Crippen molar-refractivity contribution in [1.82, 2.24) is 24.9 Å². The molecule has 0 radical (unpaired) electrons. The smallest absolute Gasteiger partial charge is 0.239 e. The highest BCUT2D eigenvalue weighted by molar-refractivity contribution is 7.20. The normalized spacial score (nSPS) is 11.6. The van der Waals surface area contributed by atoms with Crippen LogP contribution in [0.15, 0.2) is 48.8 Å². The lowest BCUT2D eigenvalue weighted by molar-refractivity contribution is -0.119. The number of carbonyl (C=O) groups is 1. The zero-order valence-electron chi connectivity index (χ0n) is 20.3. The number of nitrogens with zero attached hydrogens (tertiary/aromatic N) is 5. The Hall–Kier alpha value is -3.46. The fourth-order valence-corrected chi connectivity index (χ4v) is 4.36. The summed E-state index contributed by atoms with van der Waals surface area (Å²) >= 11 is 1.46. The summed E-state index contributed by atoms with van der Waals surface area (Å²) in [6.07, 6.45) is 4.46. The minimum absolute atomic E-state index is 0.0797. The van der Waals surface area contributed by atoms with Crippen LogP contribution in [-0.2, 0) is 17.8 Å². The first-order valence-electron chi connectivity index (χ1n) is 11.4. The molecule has 0 aliphatic carbocycles. The van der Waals surface area contributed by atoms with Gasteiger partial charge in [-0.15, -0.1) is 5.10 Å². The standard InChI is InChI=1S/C25H31N7OS/c1-6-17-9-11-19(12-10-17)21-22(29-25(2,3)4)32-23(28-21)34-24(30-32)31(5)16-20(33)27-15-18-8-7-13-26-14-18/h7-14,29H,6,15-16H2,1-5H3,(H,27,33). The zero-order valence-corrected chi connectivity index (χ0v) is 21.1. The third-order valence-corrected chi connectivity index (χ3v) is 6.26. The maximum absolute atomic E-state index is 12.5. The molecule has 3 aromatic heterocycles. The number of nitrogens with one attached hydrogen (secondary N) is 2. The monoisotopic (exact) mass is 477 g/mol. The molecule has 4 aromatic rings.